The number of rotatable bonds is 2. The third-order valence-corrected chi connectivity index (χ3v) is 4.73. The fraction of sp³-hybridized carbons (Fsp3) is 1.00. The molecule has 3 rings (SSSR count). The molecule has 0 bridgehead atoms. The number of hydrogen-bond acceptors (Lipinski definition) is 1. The summed E-state index contributed by atoms with van der Waals surface area (Å²) in [6, 6.07) is 0.836. The van der Waals surface area contributed by atoms with E-state index in [2.05, 4.69) is 4.90 Å². The van der Waals surface area contributed by atoms with Crippen LogP contribution in [-0.2, 0) is 5.11 Å². The number of nitrogens with zero attached hydrogens (tertiary/aromatic N) is 1. The Hall–Kier alpha value is -0.0800. The molecule has 2 nitrogen and oxygen atoms in total. The lowest BCUT2D eigenvalue weighted by molar-refractivity contribution is 0.0153. The molecule has 2 unspecified atom stereocenters. The molecule has 3 fully saturated rings. The number of likely N-dealkylation sites (tertiary alicyclic amines) is 1. The van der Waals surface area contributed by atoms with Crippen LogP contribution in [0.3, 0.4) is 0 Å². The molecular weight excluding hydrogens is 186 g/mol. The molecule has 0 aromatic heterocycles. The minimum Gasteiger partial charge on any atom is -0.300 e. The summed E-state index contributed by atoms with van der Waals surface area (Å²) in [5.41, 5.74) is 0. The van der Waals surface area contributed by atoms with Crippen LogP contribution in [-0.4, -0.2) is 30.1 Å². The van der Waals surface area contributed by atoms with Crippen LogP contribution in [0.4, 0.5) is 0 Å². The highest BCUT2D eigenvalue weighted by molar-refractivity contribution is 4.91. The Balaban J connectivity index is 1.50. The van der Waals surface area contributed by atoms with Crippen LogP contribution < -0.4 is 0 Å². The fourth-order valence-electron chi connectivity index (χ4n) is 3.56. The first-order chi connectivity index (χ1) is 7.33. The van der Waals surface area contributed by atoms with Crippen molar-refractivity contribution < 1.29 is 5.11 Å². The summed E-state index contributed by atoms with van der Waals surface area (Å²) in [5, 5.41) is 11.3. The lowest BCUT2D eigenvalue weighted by Gasteiger charge is -2.33. The second-order valence-corrected chi connectivity index (χ2v) is 5.80. The van der Waals surface area contributed by atoms with Gasteiger partial charge in [-0.25, -0.2) is 5.11 Å². The van der Waals surface area contributed by atoms with Gasteiger partial charge in [0, 0.05) is 19.1 Å². The molecule has 2 aliphatic carbocycles. The van der Waals surface area contributed by atoms with Gasteiger partial charge in [0.05, 0.1) is 6.10 Å². The van der Waals surface area contributed by atoms with E-state index in [0.717, 1.165) is 43.8 Å². The van der Waals surface area contributed by atoms with Crippen LogP contribution in [0.15, 0.2) is 0 Å². The maximum Gasteiger partial charge on any atom is 0.0954 e. The van der Waals surface area contributed by atoms with Gasteiger partial charge in [0.25, 0.3) is 0 Å². The molecule has 85 valence electrons. The highest BCUT2D eigenvalue weighted by atomic mass is 16.3. The molecule has 2 heteroatoms. The first kappa shape index (κ1) is 10.1. The van der Waals surface area contributed by atoms with Crippen molar-refractivity contribution in [3.8, 4) is 0 Å². The van der Waals surface area contributed by atoms with Gasteiger partial charge in [0.2, 0.25) is 0 Å². The van der Waals surface area contributed by atoms with Gasteiger partial charge in [-0.3, -0.25) is 0 Å². The predicted octanol–water partition coefficient (Wildman–Crippen LogP) is 2.46. The van der Waals surface area contributed by atoms with Gasteiger partial charge in [-0.05, 0) is 56.8 Å². The average molecular weight is 208 g/mol. The Morgan fingerprint density at radius 3 is 2.13 bits per heavy atom. The second kappa shape index (κ2) is 4.06. The zero-order chi connectivity index (χ0) is 10.3. The van der Waals surface area contributed by atoms with E-state index in [1.54, 1.807) is 0 Å². The summed E-state index contributed by atoms with van der Waals surface area (Å²) in [4.78, 5) is 2.61. The summed E-state index contributed by atoms with van der Waals surface area (Å²) >= 11 is 0. The number of piperidine rings is 1. The molecule has 3 aliphatic rings. The van der Waals surface area contributed by atoms with Crippen LogP contribution >= 0.6 is 0 Å². The normalized spacial score (nSPS) is 39.8. The van der Waals surface area contributed by atoms with E-state index < -0.39 is 0 Å². The molecule has 1 aliphatic heterocycles. The van der Waals surface area contributed by atoms with Crippen molar-refractivity contribution in [1.29, 1.82) is 0 Å². The standard InChI is InChI=1S/C13H22NO/c15-13-5-7-14(8-6-13)12-4-3-11(9-12)10-1-2-10/h10-13H,1-9H2. The highest BCUT2D eigenvalue weighted by Crippen LogP contribution is 2.46. The quantitative estimate of drug-likeness (QED) is 0.683. The third-order valence-electron chi connectivity index (χ3n) is 4.73. The zero-order valence-electron chi connectivity index (χ0n) is 9.53. The van der Waals surface area contributed by atoms with Crippen molar-refractivity contribution in [3.63, 3.8) is 0 Å². The van der Waals surface area contributed by atoms with Crippen LogP contribution in [0.5, 0.6) is 0 Å². The minimum absolute atomic E-state index is 0.262. The molecule has 2 saturated carbocycles. The van der Waals surface area contributed by atoms with Gasteiger partial charge >= 0.3 is 0 Å². The van der Waals surface area contributed by atoms with E-state index >= 15 is 0 Å². The molecule has 0 aromatic carbocycles. The minimum atomic E-state index is -0.262. The lowest BCUT2D eigenvalue weighted by Crippen LogP contribution is -2.41. The van der Waals surface area contributed by atoms with Gasteiger partial charge < -0.3 is 4.90 Å². The zero-order valence-corrected chi connectivity index (χ0v) is 9.53. The van der Waals surface area contributed by atoms with E-state index in [1.165, 1.54) is 32.1 Å². The third kappa shape index (κ3) is 2.21. The molecule has 2 atom stereocenters. The lowest BCUT2D eigenvalue weighted by atomic mass is 10.0. The molecule has 1 heterocycles. The fourth-order valence-corrected chi connectivity index (χ4v) is 3.56. The summed E-state index contributed by atoms with van der Waals surface area (Å²) in [7, 11) is 0. The Morgan fingerprint density at radius 2 is 1.47 bits per heavy atom. The largest absolute Gasteiger partial charge is 0.300 e. The van der Waals surface area contributed by atoms with Gasteiger partial charge in [-0.1, -0.05) is 0 Å². The smallest absolute Gasteiger partial charge is 0.0954 e. The van der Waals surface area contributed by atoms with E-state index in [-0.39, 0.29) is 6.10 Å². The van der Waals surface area contributed by atoms with E-state index in [9.17, 15) is 5.11 Å². The molecule has 15 heavy (non-hydrogen) atoms. The Labute approximate surface area is 92.7 Å². The van der Waals surface area contributed by atoms with Crippen LogP contribution in [0.2, 0.25) is 0 Å². The van der Waals surface area contributed by atoms with Crippen molar-refractivity contribution in [3.05, 3.63) is 0 Å². The molecule has 0 N–H and O–H groups in total. The van der Waals surface area contributed by atoms with Crippen molar-refractivity contribution >= 4 is 0 Å². The van der Waals surface area contributed by atoms with Gasteiger partial charge in [-0.2, -0.15) is 0 Å². The van der Waals surface area contributed by atoms with Crippen molar-refractivity contribution in [1.82, 2.24) is 4.90 Å². The SMILES string of the molecule is [O]C1CCN(C2CCC(C3CC3)C2)CC1. The molecular formula is C13H22NO. The van der Waals surface area contributed by atoms with Gasteiger partial charge in [-0.15, -0.1) is 0 Å². The topological polar surface area (TPSA) is 23.1 Å². The first-order valence-corrected chi connectivity index (χ1v) is 6.73. The average Bonchev–Trinajstić information content (AvgIpc) is 2.99. The number of hydrogen-bond donors (Lipinski definition) is 0. The van der Waals surface area contributed by atoms with Crippen molar-refractivity contribution in [2.24, 2.45) is 11.8 Å². The molecule has 0 amide bonds. The van der Waals surface area contributed by atoms with E-state index in [0.29, 0.717) is 0 Å². The second-order valence-electron chi connectivity index (χ2n) is 5.80. The molecule has 1 radical (unpaired) electrons. The maximum absolute atomic E-state index is 11.3. The van der Waals surface area contributed by atoms with Crippen LogP contribution in [0.1, 0.15) is 44.9 Å². The van der Waals surface area contributed by atoms with Crippen LogP contribution in [0.25, 0.3) is 0 Å². The summed E-state index contributed by atoms with van der Waals surface area (Å²) in [5.74, 6) is 2.13. The predicted molar refractivity (Wildman–Crippen MR) is 59.1 cm³/mol. The van der Waals surface area contributed by atoms with Gasteiger partial charge in [0.15, 0.2) is 0 Å². The Kier molecular flexibility index (Phi) is 2.73. The summed E-state index contributed by atoms with van der Waals surface area (Å²) in [6.07, 6.45) is 8.84. The van der Waals surface area contributed by atoms with Crippen molar-refractivity contribution in [2.75, 3.05) is 13.1 Å². The Morgan fingerprint density at radius 1 is 0.800 bits per heavy atom. The van der Waals surface area contributed by atoms with Crippen molar-refractivity contribution in [2.45, 2.75) is 57.1 Å². The van der Waals surface area contributed by atoms with Crippen LogP contribution in [0, 0.1) is 11.8 Å². The monoisotopic (exact) mass is 208 g/mol. The highest BCUT2D eigenvalue weighted by Gasteiger charge is 2.38. The molecule has 0 aromatic rings. The van der Waals surface area contributed by atoms with E-state index in [4.69, 9.17) is 0 Å². The molecule has 1 saturated heterocycles. The summed E-state index contributed by atoms with van der Waals surface area (Å²) < 4.78 is 0. The Bertz CT molecular complexity index is 219. The van der Waals surface area contributed by atoms with Gasteiger partial charge in [0.1, 0.15) is 0 Å². The molecule has 0 spiro atoms. The summed E-state index contributed by atoms with van der Waals surface area (Å²) in [6.45, 7) is 2.16. The first-order valence-electron chi connectivity index (χ1n) is 6.73. The maximum atomic E-state index is 11.3. The van der Waals surface area contributed by atoms with E-state index in [1.807, 2.05) is 0 Å².